The molecule has 3 rings (SSSR count). The number of hydrogen-bond acceptors (Lipinski definition) is 5. The van der Waals surface area contributed by atoms with Crippen LogP contribution in [0.2, 0.25) is 0 Å². The molecule has 1 atom stereocenters. The topological polar surface area (TPSA) is 85.9 Å². The monoisotopic (exact) mass is 338 g/mol. The third-order valence-electron chi connectivity index (χ3n) is 4.43. The van der Waals surface area contributed by atoms with Crippen LogP contribution >= 0.6 is 0 Å². The molecule has 0 N–H and O–H groups in total. The maximum atomic E-state index is 13.0. The summed E-state index contributed by atoms with van der Waals surface area (Å²) in [6, 6.07) is 0. The van der Waals surface area contributed by atoms with Gasteiger partial charge in [-0.05, 0) is 32.6 Å². The summed E-state index contributed by atoms with van der Waals surface area (Å²) in [7, 11) is -1.74. The molecule has 9 heteroatoms. The number of aromatic nitrogens is 5. The fraction of sp³-hybridized carbons (Fsp3) is 0.643. The quantitative estimate of drug-likeness (QED) is 0.820. The summed E-state index contributed by atoms with van der Waals surface area (Å²) in [4.78, 5) is 4.29. The Morgan fingerprint density at radius 1 is 1.35 bits per heavy atom. The normalized spacial score (nSPS) is 20.0. The van der Waals surface area contributed by atoms with E-state index in [0.717, 1.165) is 12.8 Å². The number of nitrogens with zero attached hydrogens (tertiary/aromatic N) is 6. The molecule has 1 aliphatic rings. The van der Waals surface area contributed by atoms with Gasteiger partial charge in [0, 0.05) is 26.7 Å². The lowest BCUT2D eigenvalue weighted by Gasteiger charge is -2.31. The van der Waals surface area contributed by atoms with Crippen LogP contribution < -0.4 is 0 Å². The van der Waals surface area contributed by atoms with Gasteiger partial charge in [-0.25, -0.2) is 13.4 Å². The molecule has 0 aliphatic carbocycles. The Morgan fingerprint density at radius 3 is 2.74 bits per heavy atom. The zero-order valence-electron chi connectivity index (χ0n) is 13.7. The van der Waals surface area contributed by atoms with Gasteiger partial charge in [-0.2, -0.15) is 14.5 Å². The van der Waals surface area contributed by atoms with Crippen molar-refractivity contribution in [2.45, 2.75) is 38.1 Å². The number of sulfonamides is 1. The highest BCUT2D eigenvalue weighted by molar-refractivity contribution is 7.89. The molecular formula is C14H22N6O2S. The second kappa shape index (κ2) is 6.04. The SMILES string of the molecule is Cc1nn(C)c(C)c1S(=O)(=O)N1CCCC(Cn2cncn2)C1. The summed E-state index contributed by atoms with van der Waals surface area (Å²) in [5, 5.41) is 8.35. The molecule has 1 aliphatic heterocycles. The lowest BCUT2D eigenvalue weighted by molar-refractivity contribution is 0.239. The highest BCUT2D eigenvalue weighted by atomic mass is 32.2. The first-order valence-electron chi connectivity index (χ1n) is 7.72. The van der Waals surface area contributed by atoms with Crippen LogP contribution in [0.25, 0.3) is 0 Å². The van der Waals surface area contributed by atoms with Crippen LogP contribution in [-0.4, -0.2) is 50.4 Å². The molecule has 0 spiro atoms. The van der Waals surface area contributed by atoms with Crippen molar-refractivity contribution in [3.05, 3.63) is 24.0 Å². The van der Waals surface area contributed by atoms with Gasteiger partial charge in [-0.3, -0.25) is 9.36 Å². The van der Waals surface area contributed by atoms with Gasteiger partial charge in [0.05, 0.1) is 11.4 Å². The van der Waals surface area contributed by atoms with E-state index in [1.807, 2.05) is 0 Å². The van der Waals surface area contributed by atoms with E-state index in [-0.39, 0.29) is 5.92 Å². The summed E-state index contributed by atoms with van der Waals surface area (Å²) < 4.78 is 31.0. The van der Waals surface area contributed by atoms with E-state index < -0.39 is 10.0 Å². The molecule has 1 unspecified atom stereocenters. The Bertz CT molecular complexity index is 781. The summed E-state index contributed by atoms with van der Waals surface area (Å²) in [5.41, 5.74) is 1.24. The van der Waals surface area contributed by atoms with Crippen molar-refractivity contribution < 1.29 is 8.42 Å². The molecule has 2 aromatic heterocycles. The first kappa shape index (κ1) is 16.1. The zero-order valence-corrected chi connectivity index (χ0v) is 14.5. The van der Waals surface area contributed by atoms with Crippen LogP contribution in [0, 0.1) is 19.8 Å². The highest BCUT2D eigenvalue weighted by Crippen LogP contribution is 2.27. The van der Waals surface area contributed by atoms with E-state index in [2.05, 4.69) is 15.2 Å². The molecule has 1 saturated heterocycles. The third kappa shape index (κ3) is 3.02. The molecule has 0 radical (unpaired) electrons. The molecule has 8 nitrogen and oxygen atoms in total. The van der Waals surface area contributed by atoms with E-state index in [0.29, 0.717) is 35.9 Å². The van der Waals surface area contributed by atoms with Gasteiger partial charge in [0.15, 0.2) is 0 Å². The van der Waals surface area contributed by atoms with Gasteiger partial charge < -0.3 is 0 Å². The fourth-order valence-corrected chi connectivity index (χ4v) is 5.20. The van der Waals surface area contributed by atoms with Crippen LogP contribution in [0.1, 0.15) is 24.2 Å². The average Bonchev–Trinajstić information content (AvgIpc) is 3.08. The largest absolute Gasteiger partial charge is 0.271 e. The van der Waals surface area contributed by atoms with Gasteiger partial charge in [-0.1, -0.05) is 0 Å². The molecule has 0 aromatic carbocycles. The van der Waals surface area contributed by atoms with Crippen molar-refractivity contribution in [3.8, 4) is 0 Å². The van der Waals surface area contributed by atoms with Crippen molar-refractivity contribution in [1.82, 2.24) is 28.9 Å². The molecular weight excluding hydrogens is 316 g/mol. The maximum Gasteiger partial charge on any atom is 0.246 e. The molecule has 23 heavy (non-hydrogen) atoms. The number of piperidine rings is 1. The molecule has 3 heterocycles. The first-order valence-corrected chi connectivity index (χ1v) is 9.16. The average molecular weight is 338 g/mol. The van der Waals surface area contributed by atoms with E-state index >= 15 is 0 Å². The van der Waals surface area contributed by atoms with Gasteiger partial charge in [0.1, 0.15) is 17.6 Å². The first-order chi connectivity index (χ1) is 10.9. The van der Waals surface area contributed by atoms with Crippen molar-refractivity contribution >= 4 is 10.0 Å². The van der Waals surface area contributed by atoms with Crippen LogP contribution in [0.5, 0.6) is 0 Å². The minimum absolute atomic E-state index is 0.248. The molecule has 0 amide bonds. The molecule has 0 bridgehead atoms. The standard InChI is InChI=1S/C14H22N6O2S/c1-11-14(12(2)18(3)17-11)23(21,22)20-6-4-5-13(8-20)7-19-10-15-9-16-19/h9-10,13H,4-8H2,1-3H3. The summed E-state index contributed by atoms with van der Waals surface area (Å²) in [6.07, 6.45) is 5.02. The molecule has 1 fully saturated rings. The minimum atomic E-state index is -3.51. The maximum absolute atomic E-state index is 13.0. The zero-order chi connectivity index (χ0) is 16.6. The molecule has 2 aromatic rings. The van der Waals surface area contributed by atoms with E-state index in [9.17, 15) is 8.42 Å². The summed E-state index contributed by atoms with van der Waals surface area (Å²) in [5.74, 6) is 0.248. The van der Waals surface area contributed by atoms with Gasteiger partial charge in [0.2, 0.25) is 10.0 Å². The van der Waals surface area contributed by atoms with E-state index in [1.165, 1.54) is 6.33 Å². The lowest BCUT2D eigenvalue weighted by Crippen LogP contribution is -2.41. The van der Waals surface area contributed by atoms with Gasteiger partial charge >= 0.3 is 0 Å². The second-order valence-electron chi connectivity index (χ2n) is 6.11. The van der Waals surface area contributed by atoms with Crippen molar-refractivity contribution in [2.24, 2.45) is 13.0 Å². The van der Waals surface area contributed by atoms with E-state index in [1.54, 1.807) is 40.9 Å². The number of rotatable bonds is 4. The third-order valence-corrected chi connectivity index (χ3v) is 6.55. The summed E-state index contributed by atoms with van der Waals surface area (Å²) >= 11 is 0. The van der Waals surface area contributed by atoms with Gasteiger partial charge in [-0.15, -0.1) is 0 Å². The fourth-order valence-electron chi connectivity index (χ4n) is 3.24. The minimum Gasteiger partial charge on any atom is -0.271 e. The Labute approximate surface area is 136 Å². The number of hydrogen-bond donors (Lipinski definition) is 0. The van der Waals surface area contributed by atoms with Crippen LogP contribution in [-0.2, 0) is 23.6 Å². The number of aryl methyl sites for hydroxylation is 2. The highest BCUT2D eigenvalue weighted by Gasteiger charge is 2.34. The van der Waals surface area contributed by atoms with Crippen LogP contribution in [0.4, 0.5) is 0 Å². The predicted molar refractivity (Wildman–Crippen MR) is 84.2 cm³/mol. The predicted octanol–water partition coefficient (Wildman–Crippen LogP) is 0.729. The Morgan fingerprint density at radius 2 is 2.13 bits per heavy atom. The van der Waals surface area contributed by atoms with Crippen LogP contribution in [0.3, 0.4) is 0 Å². The lowest BCUT2D eigenvalue weighted by atomic mass is 10.00. The van der Waals surface area contributed by atoms with Crippen molar-refractivity contribution in [1.29, 1.82) is 0 Å². The van der Waals surface area contributed by atoms with Gasteiger partial charge in [0.25, 0.3) is 0 Å². The molecule has 0 saturated carbocycles. The Kier molecular flexibility index (Phi) is 4.24. The van der Waals surface area contributed by atoms with Crippen LogP contribution in [0.15, 0.2) is 17.6 Å². The molecule has 126 valence electrons. The Balaban J connectivity index is 1.82. The van der Waals surface area contributed by atoms with Crippen molar-refractivity contribution in [3.63, 3.8) is 0 Å². The Hall–Kier alpha value is -1.74. The van der Waals surface area contributed by atoms with E-state index in [4.69, 9.17) is 0 Å². The summed E-state index contributed by atoms with van der Waals surface area (Å²) in [6.45, 7) is 5.30. The smallest absolute Gasteiger partial charge is 0.246 e. The second-order valence-corrected chi connectivity index (χ2v) is 7.99. The van der Waals surface area contributed by atoms with Crippen molar-refractivity contribution in [2.75, 3.05) is 13.1 Å².